The normalized spacial score (nSPS) is 19.4. The highest BCUT2D eigenvalue weighted by Gasteiger charge is 2.34. The molecule has 2 aliphatic rings. The van der Waals surface area contributed by atoms with Crippen LogP contribution in [0.5, 0.6) is 0 Å². The second-order valence-corrected chi connectivity index (χ2v) is 7.78. The number of hydrogen-bond acceptors (Lipinski definition) is 5. The molecule has 0 aromatic heterocycles. The second kappa shape index (κ2) is 8.89. The summed E-state index contributed by atoms with van der Waals surface area (Å²) in [4.78, 5) is 25.9. The molecule has 1 aliphatic carbocycles. The second-order valence-electron chi connectivity index (χ2n) is 7.78. The third kappa shape index (κ3) is 4.71. The minimum absolute atomic E-state index is 0. The number of nitro benzene ring substituents is 1. The molecule has 0 unspecified atom stereocenters. The predicted molar refractivity (Wildman–Crippen MR) is 109 cm³/mol. The van der Waals surface area contributed by atoms with Gasteiger partial charge in [0, 0.05) is 31.3 Å². The molecule has 1 amide bonds. The van der Waals surface area contributed by atoms with Crippen molar-refractivity contribution in [1.82, 2.24) is 5.32 Å². The summed E-state index contributed by atoms with van der Waals surface area (Å²) >= 11 is 0. The predicted octanol–water partition coefficient (Wildman–Crippen LogP) is 3.25. The van der Waals surface area contributed by atoms with Gasteiger partial charge in [-0.15, -0.1) is 12.4 Å². The molecule has 1 aromatic carbocycles. The highest BCUT2D eigenvalue weighted by atomic mass is 35.5. The van der Waals surface area contributed by atoms with Crippen LogP contribution in [0.15, 0.2) is 18.2 Å². The van der Waals surface area contributed by atoms with Crippen LogP contribution in [0.3, 0.4) is 0 Å². The minimum atomic E-state index is -0.390. The Balaban J connectivity index is 0.00000261. The summed E-state index contributed by atoms with van der Waals surface area (Å²) in [5.41, 5.74) is 6.44. The van der Waals surface area contributed by atoms with E-state index in [-0.39, 0.29) is 29.5 Å². The summed E-state index contributed by atoms with van der Waals surface area (Å²) in [6, 6.07) is 4.81. The van der Waals surface area contributed by atoms with Crippen molar-refractivity contribution in [3.05, 3.63) is 33.9 Å². The molecule has 2 fully saturated rings. The fraction of sp³-hybridized carbons (Fsp3) is 0.632. The van der Waals surface area contributed by atoms with Gasteiger partial charge in [-0.2, -0.15) is 0 Å². The molecule has 27 heavy (non-hydrogen) atoms. The van der Waals surface area contributed by atoms with Crippen LogP contribution in [-0.4, -0.2) is 36.0 Å². The lowest BCUT2D eigenvalue weighted by Crippen LogP contribution is -2.51. The first-order valence-corrected chi connectivity index (χ1v) is 9.50. The van der Waals surface area contributed by atoms with Gasteiger partial charge in [0.25, 0.3) is 11.6 Å². The Labute approximate surface area is 166 Å². The molecule has 3 N–H and O–H groups in total. The fourth-order valence-corrected chi connectivity index (χ4v) is 4.07. The molecule has 150 valence electrons. The minimum Gasteiger partial charge on any atom is -0.366 e. The van der Waals surface area contributed by atoms with Crippen molar-refractivity contribution >= 4 is 29.7 Å². The van der Waals surface area contributed by atoms with Crippen LogP contribution in [0.1, 0.15) is 55.8 Å². The number of amides is 1. The Bertz CT molecular complexity index is 684. The Kier molecular flexibility index (Phi) is 7.06. The molecule has 1 saturated carbocycles. The molecular weight excluding hydrogens is 368 g/mol. The van der Waals surface area contributed by atoms with Gasteiger partial charge in [0.1, 0.15) is 5.69 Å². The van der Waals surface area contributed by atoms with E-state index in [2.05, 4.69) is 17.1 Å². The summed E-state index contributed by atoms with van der Waals surface area (Å²) in [6.07, 6.45) is 5.87. The summed E-state index contributed by atoms with van der Waals surface area (Å²) in [7, 11) is 0. The number of nitrogens with two attached hydrogens (primary N) is 1. The standard InChI is InChI=1S/C19H28N4O3.ClH/c1-14-6-10-22(11-7-14)16-5-4-15(12-17(16)23(25)26)18(24)21-19(13-20)8-2-3-9-19;/h4-5,12,14H,2-3,6-11,13,20H2,1H3,(H,21,24);1H. The number of carbonyl (C=O) groups is 1. The van der Waals surface area contributed by atoms with E-state index in [0.717, 1.165) is 51.6 Å². The first-order chi connectivity index (χ1) is 12.4. The van der Waals surface area contributed by atoms with Gasteiger partial charge >= 0.3 is 0 Å². The lowest BCUT2D eigenvalue weighted by atomic mass is 9.96. The van der Waals surface area contributed by atoms with Crippen LogP contribution in [0.25, 0.3) is 0 Å². The van der Waals surface area contributed by atoms with Gasteiger partial charge in [-0.05, 0) is 43.7 Å². The number of hydrogen-bond donors (Lipinski definition) is 2. The van der Waals surface area contributed by atoms with Crippen molar-refractivity contribution in [2.75, 3.05) is 24.5 Å². The Hall–Kier alpha value is -1.86. The van der Waals surface area contributed by atoms with Gasteiger partial charge < -0.3 is 16.0 Å². The third-order valence-electron chi connectivity index (χ3n) is 5.89. The SMILES string of the molecule is CC1CCN(c2ccc(C(=O)NC3(CN)CCCC3)cc2[N+](=O)[O-])CC1.Cl. The number of nitro groups is 1. The molecule has 8 heteroatoms. The maximum atomic E-state index is 12.7. The topological polar surface area (TPSA) is 102 Å². The van der Waals surface area contributed by atoms with Crippen LogP contribution >= 0.6 is 12.4 Å². The molecule has 1 saturated heterocycles. The molecule has 1 aliphatic heterocycles. The smallest absolute Gasteiger partial charge is 0.293 e. The quantitative estimate of drug-likeness (QED) is 0.587. The van der Waals surface area contributed by atoms with Crippen LogP contribution in [-0.2, 0) is 0 Å². The van der Waals surface area contributed by atoms with Crippen LogP contribution in [0.2, 0.25) is 0 Å². The van der Waals surface area contributed by atoms with Crippen molar-refractivity contribution in [1.29, 1.82) is 0 Å². The van der Waals surface area contributed by atoms with Crippen molar-refractivity contribution in [3.8, 4) is 0 Å². The van der Waals surface area contributed by atoms with Crippen molar-refractivity contribution < 1.29 is 9.72 Å². The number of carbonyl (C=O) groups excluding carboxylic acids is 1. The van der Waals surface area contributed by atoms with E-state index in [1.165, 1.54) is 6.07 Å². The van der Waals surface area contributed by atoms with Crippen LogP contribution in [0.4, 0.5) is 11.4 Å². The summed E-state index contributed by atoms with van der Waals surface area (Å²) in [6.45, 7) is 4.22. The van der Waals surface area contributed by atoms with E-state index in [9.17, 15) is 14.9 Å². The average Bonchev–Trinajstić information content (AvgIpc) is 3.11. The summed E-state index contributed by atoms with van der Waals surface area (Å²) < 4.78 is 0. The molecule has 0 bridgehead atoms. The van der Waals surface area contributed by atoms with Gasteiger partial charge in [-0.3, -0.25) is 14.9 Å². The average molecular weight is 397 g/mol. The lowest BCUT2D eigenvalue weighted by molar-refractivity contribution is -0.384. The number of nitrogens with one attached hydrogen (secondary N) is 1. The molecule has 1 aromatic rings. The van der Waals surface area contributed by atoms with Crippen LogP contribution in [0, 0.1) is 16.0 Å². The van der Waals surface area contributed by atoms with Crippen molar-refractivity contribution in [2.24, 2.45) is 11.7 Å². The molecule has 0 spiro atoms. The zero-order valence-electron chi connectivity index (χ0n) is 15.8. The number of nitrogens with zero attached hydrogens (tertiary/aromatic N) is 2. The zero-order valence-corrected chi connectivity index (χ0v) is 16.6. The first kappa shape index (κ1) is 21.4. The first-order valence-electron chi connectivity index (χ1n) is 9.50. The molecule has 0 atom stereocenters. The monoisotopic (exact) mass is 396 g/mol. The largest absolute Gasteiger partial charge is 0.366 e. The Morgan fingerprint density at radius 1 is 1.33 bits per heavy atom. The van der Waals surface area contributed by atoms with Gasteiger partial charge in [-0.25, -0.2) is 0 Å². The number of rotatable bonds is 5. The maximum absolute atomic E-state index is 12.7. The van der Waals surface area contributed by atoms with Crippen molar-refractivity contribution in [3.63, 3.8) is 0 Å². The number of halogens is 1. The van der Waals surface area contributed by atoms with E-state index < -0.39 is 4.92 Å². The van der Waals surface area contributed by atoms with E-state index in [4.69, 9.17) is 5.73 Å². The van der Waals surface area contributed by atoms with Crippen LogP contribution < -0.4 is 16.0 Å². The summed E-state index contributed by atoms with van der Waals surface area (Å²) in [5.74, 6) is 0.369. The number of benzene rings is 1. The number of anilines is 1. The Morgan fingerprint density at radius 3 is 2.52 bits per heavy atom. The van der Waals surface area contributed by atoms with Gasteiger partial charge in [0.2, 0.25) is 0 Å². The highest BCUT2D eigenvalue weighted by Crippen LogP contribution is 2.33. The maximum Gasteiger partial charge on any atom is 0.293 e. The van der Waals surface area contributed by atoms with E-state index in [0.29, 0.717) is 23.7 Å². The molecule has 0 radical (unpaired) electrons. The molecule has 3 rings (SSSR count). The van der Waals surface area contributed by atoms with Gasteiger partial charge in [0.15, 0.2) is 0 Å². The van der Waals surface area contributed by atoms with Crippen molar-refractivity contribution in [2.45, 2.75) is 51.0 Å². The zero-order chi connectivity index (χ0) is 18.7. The third-order valence-corrected chi connectivity index (χ3v) is 5.89. The molecule has 1 heterocycles. The van der Waals surface area contributed by atoms with Gasteiger partial charge in [-0.1, -0.05) is 19.8 Å². The van der Waals surface area contributed by atoms with E-state index in [1.807, 2.05) is 0 Å². The molecule has 7 nitrogen and oxygen atoms in total. The van der Waals surface area contributed by atoms with E-state index in [1.54, 1.807) is 12.1 Å². The van der Waals surface area contributed by atoms with Gasteiger partial charge in [0.05, 0.1) is 10.5 Å². The molecular formula is C19H29ClN4O3. The highest BCUT2D eigenvalue weighted by molar-refractivity contribution is 5.96. The number of piperidine rings is 1. The fourth-order valence-electron chi connectivity index (χ4n) is 4.07. The Morgan fingerprint density at radius 2 is 1.96 bits per heavy atom. The summed E-state index contributed by atoms with van der Waals surface area (Å²) in [5, 5.41) is 14.6. The lowest BCUT2D eigenvalue weighted by Gasteiger charge is -2.32. The van der Waals surface area contributed by atoms with E-state index >= 15 is 0 Å².